The first kappa shape index (κ1) is 26.2. The molecule has 0 saturated heterocycles. The number of anilines is 2. The van der Waals surface area contributed by atoms with E-state index in [-0.39, 0.29) is 23.3 Å². The van der Waals surface area contributed by atoms with Crippen molar-refractivity contribution in [2.24, 2.45) is 0 Å². The second-order valence-corrected chi connectivity index (χ2v) is 11.6. The van der Waals surface area contributed by atoms with E-state index in [0.29, 0.717) is 21.6 Å². The molecule has 2 aromatic heterocycles. The van der Waals surface area contributed by atoms with Gasteiger partial charge in [-0.1, -0.05) is 59.4 Å². The Hall–Kier alpha value is -3.45. The van der Waals surface area contributed by atoms with E-state index in [0.717, 1.165) is 25.8 Å². The van der Waals surface area contributed by atoms with Crippen LogP contribution < -0.4 is 10.6 Å². The number of carbonyl (C=O) groups excluding carboxylic acids is 2. The second kappa shape index (κ2) is 11.9. The Kier molecular flexibility index (Phi) is 8.23. The molecule has 0 aliphatic heterocycles. The number of nitrogens with zero attached hydrogens (tertiary/aromatic N) is 5. The number of tetrazole rings is 1. The van der Waals surface area contributed by atoms with Gasteiger partial charge in [0.1, 0.15) is 0 Å². The lowest BCUT2D eigenvalue weighted by atomic mass is 10.2. The molecule has 5 aromatic rings. The standard InChI is InChI=1S/C25H20ClN7O2S3/c1-15-7-8-16(11-19(15)26)27-23(35)14-37-25-29-20-10-9-17(12-21(20)38-25)28-22(34)13-36-24-30-31-32-33(24)18-5-3-2-4-6-18/h2-12H,13-14H2,1H3,(H,27,35)(H,28,34). The zero-order valence-corrected chi connectivity index (χ0v) is 23.1. The van der Waals surface area contributed by atoms with Crippen molar-refractivity contribution in [3.63, 3.8) is 0 Å². The third-order valence-electron chi connectivity index (χ3n) is 5.21. The topological polar surface area (TPSA) is 115 Å². The van der Waals surface area contributed by atoms with Gasteiger partial charge in [-0.2, -0.15) is 4.68 Å². The molecule has 0 atom stereocenters. The van der Waals surface area contributed by atoms with Crippen molar-refractivity contribution < 1.29 is 9.59 Å². The number of nitrogens with one attached hydrogen (secondary N) is 2. The Morgan fingerprint density at radius 3 is 2.42 bits per heavy atom. The summed E-state index contributed by atoms with van der Waals surface area (Å²) in [6.45, 7) is 1.91. The van der Waals surface area contributed by atoms with Crippen LogP contribution in [-0.4, -0.2) is 48.5 Å². The first-order valence-electron chi connectivity index (χ1n) is 11.3. The van der Waals surface area contributed by atoms with E-state index in [1.54, 1.807) is 16.8 Å². The third kappa shape index (κ3) is 6.51. The highest BCUT2D eigenvalue weighted by Crippen LogP contribution is 2.31. The van der Waals surface area contributed by atoms with Gasteiger partial charge in [-0.3, -0.25) is 9.59 Å². The summed E-state index contributed by atoms with van der Waals surface area (Å²) in [6.07, 6.45) is 0. The minimum atomic E-state index is -0.177. The molecule has 0 radical (unpaired) electrons. The molecular formula is C25H20ClN7O2S3. The number of para-hydroxylation sites is 1. The predicted octanol–water partition coefficient (Wildman–Crippen LogP) is 5.70. The fourth-order valence-corrected chi connectivity index (χ4v) is 6.14. The maximum atomic E-state index is 12.6. The smallest absolute Gasteiger partial charge is 0.234 e. The molecule has 0 aliphatic rings. The minimum Gasteiger partial charge on any atom is -0.325 e. The average Bonchev–Trinajstić information content (AvgIpc) is 3.55. The fraction of sp³-hybridized carbons (Fsp3) is 0.120. The number of rotatable bonds is 9. The Morgan fingerprint density at radius 1 is 0.947 bits per heavy atom. The molecule has 192 valence electrons. The van der Waals surface area contributed by atoms with Crippen LogP contribution in [0.3, 0.4) is 0 Å². The van der Waals surface area contributed by atoms with Crippen molar-refractivity contribution in [1.82, 2.24) is 25.2 Å². The maximum absolute atomic E-state index is 12.6. The van der Waals surface area contributed by atoms with Crippen molar-refractivity contribution in [2.45, 2.75) is 16.4 Å². The van der Waals surface area contributed by atoms with Gasteiger partial charge in [-0.25, -0.2) is 4.98 Å². The number of carbonyl (C=O) groups is 2. The van der Waals surface area contributed by atoms with E-state index >= 15 is 0 Å². The number of amides is 2. The molecule has 38 heavy (non-hydrogen) atoms. The number of halogens is 1. The molecule has 2 amide bonds. The molecule has 0 bridgehead atoms. The van der Waals surface area contributed by atoms with Crippen LogP contribution in [0, 0.1) is 6.92 Å². The van der Waals surface area contributed by atoms with Gasteiger partial charge < -0.3 is 10.6 Å². The van der Waals surface area contributed by atoms with E-state index < -0.39 is 0 Å². The summed E-state index contributed by atoms with van der Waals surface area (Å²) in [5.74, 6) is 0.0483. The monoisotopic (exact) mass is 581 g/mol. The number of benzene rings is 3. The average molecular weight is 582 g/mol. The first-order chi connectivity index (χ1) is 18.4. The highest BCUT2D eigenvalue weighted by Gasteiger charge is 2.13. The normalized spacial score (nSPS) is 11.0. The van der Waals surface area contributed by atoms with E-state index in [4.69, 9.17) is 11.6 Å². The Morgan fingerprint density at radius 2 is 1.66 bits per heavy atom. The van der Waals surface area contributed by atoms with E-state index in [2.05, 4.69) is 31.1 Å². The molecule has 3 aromatic carbocycles. The summed E-state index contributed by atoms with van der Waals surface area (Å²) >= 11 is 10.2. The zero-order valence-electron chi connectivity index (χ0n) is 19.9. The van der Waals surface area contributed by atoms with Gasteiger partial charge >= 0.3 is 0 Å². The van der Waals surface area contributed by atoms with Crippen LogP contribution >= 0.6 is 46.5 Å². The Bertz CT molecular complexity index is 1610. The van der Waals surface area contributed by atoms with Crippen molar-refractivity contribution >= 4 is 79.9 Å². The van der Waals surface area contributed by atoms with Crippen LogP contribution in [0.15, 0.2) is 76.2 Å². The highest BCUT2D eigenvalue weighted by atomic mass is 35.5. The van der Waals surface area contributed by atoms with Crippen molar-refractivity contribution in [3.05, 3.63) is 77.3 Å². The largest absolute Gasteiger partial charge is 0.325 e. The van der Waals surface area contributed by atoms with E-state index in [1.807, 2.05) is 61.5 Å². The number of thiazole rings is 1. The van der Waals surface area contributed by atoms with Crippen LogP contribution in [-0.2, 0) is 9.59 Å². The van der Waals surface area contributed by atoms with Gasteiger partial charge in [0.25, 0.3) is 0 Å². The van der Waals surface area contributed by atoms with Crippen molar-refractivity contribution in [3.8, 4) is 5.69 Å². The van der Waals surface area contributed by atoms with Gasteiger partial charge in [-0.05, 0) is 65.4 Å². The molecule has 2 heterocycles. The maximum Gasteiger partial charge on any atom is 0.234 e. The molecule has 9 nitrogen and oxygen atoms in total. The van der Waals surface area contributed by atoms with E-state index in [9.17, 15) is 9.59 Å². The summed E-state index contributed by atoms with van der Waals surface area (Å²) in [6, 6.07) is 20.4. The van der Waals surface area contributed by atoms with Crippen molar-refractivity contribution in [2.75, 3.05) is 22.1 Å². The van der Waals surface area contributed by atoms with Gasteiger partial charge in [0.15, 0.2) is 4.34 Å². The minimum absolute atomic E-state index is 0.141. The summed E-state index contributed by atoms with van der Waals surface area (Å²) < 4.78 is 3.28. The van der Waals surface area contributed by atoms with Crippen LogP contribution in [0.1, 0.15) is 5.56 Å². The SMILES string of the molecule is Cc1ccc(NC(=O)CSc2nc3ccc(NC(=O)CSc4nnnn4-c4ccccc4)cc3s2)cc1Cl. The summed E-state index contributed by atoms with van der Waals surface area (Å²) in [4.78, 5) is 29.5. The summed E-state index contributed by atoms with van der Waals surface area (Å²) in [7, 11) is 0. The van der Waals surface area contributed by atoms with Crippen LogP contribution in [0.2, 0.25) is 5.02 Å². The van der Waals surface area contributed by atoms with Crippen LogP contribution in [0.5, 0.6) is 0 Å². The molecule has 0 unspecified atom stereocenters. The molecule has 13 heteroatoms. The molecule has 2 N–H and O–H groups in total. The number of aromatic nitrogens is 5. The number of aryl methyl sites for hydroxylation is 1. The Labute approximate surface area is 235 Å². The first-order valence-corrected chi connectivity index (χ1v) is 14.5. The van der Waals surface area contributed by atoms with Gasteiger partial charge in [-0.15, -0.1) is 16.4 Å². The second-order valence-electron chi connectivity index (χ2n) is 8.01. The molecule has 5 rings (SSSR count). The van der Waals surface area contributed by atoms with Gasteiger partial charge in [0.05, 0.1) is 27.4 Å². The molecule has 0 saturated carbocycles. The number of fused-ring (bicyclic) bond motifs is 1. The zero-order chi connectivity index (χ0) is 26.5. The summed E-state index contributed by atoms with van der Waals surface area (Å²) in [5.41, 5.74) is 3.90. The Balaban J connectivity index is 1.15. The number of hydrogen-bond donors (Lipinski definition) is 2. The lowest BCUT2D eigenvalue weighted by Crippen LogP contribution is -2.14. The lowest BCUT2D eigenvalue weighted by molar-refractivity contribution is -0.114. The highest BCUT2D eigenvalue weighted by molar-refractivity contribution is 8.01. The fourth-order valence-electron chi connectivity index (χ4n) is 3.37. The molecule has 0 fully saturated rings. The van der Waals surface area contributed by atoms with Gasteiger partial charge in [0.2, 0.25) is 17.0 Å². The summed E-state index contributed by atoms with van der Waals surface area (Å²) in [5, 5.41) is 18.6. The number of thioether (sulfide) groups is 2. The van der Waals surface area contributed by atoms with E-state index in [1.165, 1.54) is 34.9 Å². The van der Waals surface area contributed by atoms with Crippen LogP contribution in [0.25, 0.3) is 15.9 Å². The van der Waals surface area contributed by atoms with Crippen molar-refractivity contribution in [1.29, 1.82) is 0 Å². The quantitative estimate of drug-likeness (QED) is 0.213. The van der Waals surface area contributed by atoms with Crippen LogP contribution in [0.4, 0.5) is 11.4 Å². The molecular weight excluding hydrogens is 562 g/mol. The van der Waals surface area contributed by atoms with Gasteiger partial charge in [0, 0.05) is 16.4 Å². The predicted molar refractivity (Wildman–Crippen MR) is 154 cm³/mol. The molecule has 0 aliphatic carbocycles. The lowest BCUT2D eigenvalue weighted by Gasteiger charge is -2.06. The number of hydrogen-bond acceptors (Lipinski definition) is 9. The third-order valence-corrected chi connectivity index (χ3v) is 8.70. The molecule has 0 spiro atoms.